The number of hydrogen-bond acceptors (Lipinski definition) is 3. The largest absolute Gasteiger partial charge is 0.508 e. The molecular formula is C24H30N2O3. The molecule has 5 nitrogen and oxygen atoms in total. The van der Waals surface area contributed by atoms with Gasteiger partial charge < -0.3 is 5.11 Å². The van der Waals surface area contributed by atoms with Gasteiger partial charge in [-0.1, -0.05) is 62.8 Å². The molecule has 1 aromatic carbocycles. The van der Waals surface area contributed by atoms with Crippen molar-refractivity contribution in [3.8, 4) is 5.75 Å². The third-order valence-corrected chi connectivity index (χ3v) is 6.39. The molecule has 5 heteroatoms. The molecule has 0 atom stereocenters. The average molecular weight is 395 g/mol. The number of allylic oxidation sites excluding steroid dienone is 2. The second-order valence-corrected chi connectivity index (χ2v) is 8.41. The number of carbonyl (C=O) groups excluding carboxylic acids is 2. The summed E-state index contributed by atoms with van der Waals surface area (Å²) < 4.78 is 0. The zero-order valence-corrected chi connectivity index (χ0v) is 16.9. The number of benzene rings is 1. The molecule has 3 fully saturated rings. The van der Waals surface area contributed by atoms with Crippen molar-refractivity contribution in [1.29, 1.82) is 0 Å². The number of amides is 2. The average Bonchev–Trinajstić information content (AvgIpc) is 3.01. The van der Waals surface area contributed by atoms with Crippen LogP contribution in [0.25, 0.3) is 6.08 Å². The van der Waals surface area contributed by atoms with E-state index in [-0.39, 0.29) is 35.2 Å². The van der Waals surface area contributed by atoms with Crippen molar-refractivity contribution in [2.24, 2.45) is 0 Å². The van der Waals surface area contributed by atoms with E-state index in [4.69, 9.17) is 0 Å². The Morgan fingerprint density at radius 3 is 1.72 bits per heavy atom. The minimum atomic E-state index is -0.136. The highest BCUT2D eigenvalue weighted by Gasteiger charge is 2.47. The summed E-state index contributed by atoms with van der Waals surface area (Å²) in [5.41, 5.74) is 1.18. The van der Waals surface area contributed by atoms with Crippen LogP contribution < -0.4 is 0 Å². The van der Waals surface area contributed by atoms with E-state index in [9.17, 15) is 14.7 Å². The van der Waals surface area contributed by atoms with Gasteiger partial charge in [0.05, 0.1) is 12.1 Å². The highest BCUT2D eigenvalue weighted by Crippen LogP contribution is 2.35. The Kier molecular flexibility index (Phi) is 6.02. The first-order chi connectivity index (χ1) is 14.1. The number of aromatic hydroxyl groups is 1. The van der Waals surface area contributed by atoms with Crippen LogP contribution in [0.2, 0.25) is 0 Å². The number of nitrogens with zero attached hydrogens (tertiary/aromatic N) is 2. The van der Waals surface area contributed by atoms with E-state index in [1.807, 2.05) is 16.1 Å². The Bertz CT molecular complexity index is 762. The van der Waals surface area contributed by atoms with Crippen molar-refractivity contribution in [2.45, 2.75) is 76.3 Å². The summed E-state index contributed by atoms with van der Waals surface area (Å²) >= 11 is 0. The summed E-state index contributed by atoms with van der Waals surface area (Å²) in [5.74, 6) is -0.0569. The molecule has 0 aromatic heterocycles. The van der Waals surface area contributed by atoms with E-state index in [1.165, 1.54) is 12.8 Å². The van der Waals surface area contributed by atoms with Crippen LogP contribution in [0.4, 0.5) is 0 Å². The van der Waals surface area contributed by atoms with Gasteiger partial charge >= 0.3 is 0 Å². The van der Waals surface area contributed by atoms with Gasteiger partial charge in [0, 0.05) is 0 Å². The molecule has 3 aliphatic rings. The lowest BCUT2D eigenvalue weighted by Gasteiger charge is -2.41. The van der Waals surface area contributed by atoms with Crippen molar-refractivity contribution in [1.82, 2.24) is 10.0 Å². The van der Waals surface area contributed by atoms with E-state index in [0.717, 1.165) is 56.9 Å². The summed E-state index contributed by atoms with van der Waals surface area (Å²) in [6.45, 7) is 0. The van der Waals surface area contributed by atoms with Crippen molar-refractivity contribution in [3.63, 3.8) is 0 Å². The Morgan fingerprint density at radius 1 is 0.759 bits per heavy atom. The maximum atomic E-state index is 13.3. The number of rotatable bonds is 4. The number of phenolic OH excluding ortho intramolecular Hbond substituents is 1. The molecule has 1 N–H and O–H groups in total. The van der Waals surface area contributed by atoms with Gasteiger partial charge in [-0.25, -0.2) is 10.0 Å². The monoisotopic (exact) mass is 394 g/mol. The van der Waals surface area contributed by atoms with Gasteiger partial charge in [0.1, 0.15) is 11.3 Å². The highest BCUT2D eigenvalue weighted by atomic mass is 16.3. The zero-order chi connectivity index (χ0) is 20.2. The number of carbonyl (C=O) groups is 2. The predicted molar refractivity (Wildman–Crippen MR) is 113 cm³/mol. The SMILES string of the molecule is O=C1C(=CC=Cc2ccc(O)cc2)C(=O)N(C2CCCCC2)N1C1CCCCC1. The Labute approximate surface area is 172 Å². The Balaban J connectivity index is 1.59. The maximum absolute atomic E-state index is 13.3. The van der Waals surface area contributed by atoms with Crippen molar-refractivity contribution >= 4 is 17.9 Å². The molecule has 1 aromatic rings. The number of phenols is 1. The van der Waals surface area contributed by atoms with E-state index in [0.29, 0.717) is 0 Å². The van der Waals surface area contributed by atoms with Crippen LogP contribution in [0.3, 0.4) is 0 Å². The van der Waals surface area contributed by atoms with Gasteiger partial charge in [-0.3, -0.25) is 9.59 Å². The topological polar surface area (TPSA) is 60.9 Å². The molecule has 2 aliphatic carbocycles. The standard InChI is InChI=1S/C24H30N2O3/c27-21-16-14-18(15-17-21)8-7-13-22-23(28)25(19-9-3-1-4-10-19)26(24(22)29)20-11-5-2-6-12-20/h7-8,13-17,19-20,27H,1-6,9-12H2. The molecular weight excluding hydrogens is 364 g/mol. The fraction of sp³-hybridized carbons (Fsp3) is 0.500. The van der Waals surface area contributed by atoms with Crippen LogP contribution in [0.5, 0.6) is 5.75 Å². The van der Waals surface area contributed by atoms with Gasteiger partial charge in [0.25, 0.3) is 11.8 Å². The molecule has 154 valence electrons. The van der Waals surface area contributed by atoms with Crippen LogP contribution in [0.15, 0.2) is 42.0 Å². The normalized spacial score (nSPS) is 22.1. The van der Waals surface area contributed by atoms with E-state index >= 15 is 0 Å². The molecule has 29 heavy (non-hydrogen) atoms. The number of hydrogen-bond donors (Lipinski definition) is 1. The Morgan fingerprint density at radius 2 is 1.24 bits per heavy atom. The van der Waals surface area contributed by atoms with Crippen LogP contribution in [-0.2, 0) is 9.59 Å². The molecule has 0 unspecified atom stereocenters. The summed E-state index contributed by atoms with van der Waals surface area (Å²) in [6.07, 6.45) is 16.2. The fourth-order valence-electron chi connectivity index (χ4n) is 4.85. The van der Waals surface area contributed by atoms with Crippen LogP contribution in [0, 0.1) is 0 Å². The molecule has 1 heterocycles. The van der Waals surface area contributed by atoms with Crippen LogP contribution in [0.1, 0.15) is 69.8 Å². The predicted octanol–water partition coefficient (Wildman–Crippen LogP) is 4.58. The van der Waals surface area contributed by atoms with Crippen LogP contribution >= 0.6 is 0 Å². The van der Waals surface area contributed by atoms with Crippen molar-refractivity contribution in [3.05, 3.63) is 47.6 Å². The summed E-state index contributed by atoms with van der Waals surface area (Å²) in [5, 5.41) is 13.0. The molecule has 0 bridgehead atoms. The van der Waals surface area contributed by atoms with Gasteiger partial charge in [-0.05, 0) is 49.5 Å². The molecule has 1 aliphatic heterocycles. The molecule has 1 saturated heterocycles. The van der Waals surface area contributed by atoms with Crippen LogP contribution in [-0.4, -0.2) is 39.0 Å². The number of hydrazine groups is 1. The first-order valence-corrected chi connectivity index (χ1v) is 11.0. The van der Waals surface area contributed by atoms with Crippen molar-refractivity contribution in [2.75, 3.05) is 0 Å². The molecule has 0 spiro atoms. The second kappa shape index (κ2) is 8.85. The second-order valence-electron chi connectivity index (χ2n) is 8.41. The highest BCUT2D eigenvalue weighted by molar-refractivity contribution is 6.22. The molecule has 0 radical (unpaired) electrons. The summed E-state index contributed by atoms with van der Waals surface area (Å²) in [6, 6.07) is 7.13. The van der Waals surface area contributed by atoms with Gasteiger partial charge in [-0.15, -0.1) is 0 Å². The van der Waals surface area contributed by atoms with Gasteiger partial charge in [0.15, 0.2) is 0 Å². The maximum Gasteiger partial charge on any atom is 0.278 e. The smallest absolute Gasteiger partial charge is 0.278 e. The van der Waals surface area contributed by atoms with Gasteiger partial charge in [0.2, 0.25) is 0 Å². The van der Waals surface area contributed by atoms with Crippen molar-refractivity contribution < 1.29 is 14.7 Å². The Hall–Kier alpha value is -2.56. The lowest BCUT2D eigenvalue weighted by molar-refractivity contribution is -0.160. The first kappa shape index (κ1) is 19.7. The fourth-order valence-corrected chi connectivity index (χ4v) is 4.85. The minimum Gasteiger partial charge on any atom is -0.508 e. The summed E-state index contributed by atoms with van der Waals surface area (Å²) in [7, 11) is 0. The quantitative estimate of drug-likeness (QED) is 0.600. The zero-order valence-electron chi connectivity index (χ0n) is 16.9. The van der Waals surface area contributed by atoms with Gasteiger partial charge in [-0.2, -0.15) is 0 Å². The third kappa shape index (κ3) is 4.24. The third-order valence-electron chi connectivity index (χ3n) is 6.39. The summed E-state index contributed by atoms with van der Waals surface area (Å²) in [4.78, 5) is 26.6. The lowest BCUT2D eigenvalue weighted by atomic mass is 9.93. The molecule has 4 rings (SSSR count). The van der Waals surface area contributed by atoms with E-state index < -0.39 is 0 Å². The van der Waals surface area contributed by atoms with E-state index in [1.54, 1.807) is 36.4 Å². The molecule has 2 amide bonds. The minimum absolute atomic E-state index is 0.136. The first-order valence-electron chi connectivity index (χ1n) is 11.0. The molecule has 2 saturated carbocycles. The lowest BCUT2D eigenvalue weighted by Crippen LogP contribution is -2.53. The van der Waals surface area contributed by atoms with E-state index in [2.05, 4.69) is 0 Å².